The Labute approximate surface area is 174 Å². The third-order valence-corrected chi connectivity index (χ3v) is 5.88. The van der Waals surface area contributed by atoms with Crippen molar-refractivity contribution in [3.63, 3.8) is 0 Å². The summed E-state index contributed by atoms with van der Waals surface area (Å²) in [6, 6.07) is 7.82. The van der Waals surface area contributed by atoms with Gasteiger partial charge in [-0.1, -0.05) is 6.92 Å². The number of hydrogen-bond acceptors (Lipinski definition) is 4. The van der Waals surface area contributed by atoms with E-state index >= 15 is 0 Å². The van der Waals surface area contributed by atoms with Gasteiger partial charge >= 0.3 is 6.18 Å². The minimum Gasteiger partial charge on any atom is -0.493 e. The van der Waals surface area contributed by atoms with Crippen molar-refractivity contribution in [2.45, 2.75) is 43.5 Å². The molecule has 0 saturated heterocycles. The van der Waals surface area contributed by atoms with Crippen LogP contribution in [0.25, 0.3) is 11.0 Å². The summed E-state index contributed by atoms with van der Waals surface area (Å²) >= 11 is 0. The van der Waals surface area contributed by atoms with Crippen molar-refractivity contribution in [1.82, 2.24) is 9.55 Å². The van der Waals surface area contributed by atoms with Crippen molar-refractivity contribution in [2.24, 2.45) is 0 Å². The number of halogens is 4. The molecule has 4 rings (SSSR count). The van der Waals surface area contributed by atoms with Gasteiger partial charge in [-0.2, -0.15) is 13.2 Å². The van der Waals surface area contributed by atoms with Gasteiger partial charge in [-0.15, -0.1) is 0 Å². The molecule has 31 heavy (non-hydrogen) atoms. The maximum atomic E-state index is 14.2. The second kappa shape index (κ2) is 7.33. The first-order chi connectivity index (χ1) is 14.5. The molecular weight excluding hydrogens is 416 g/mol. The molecule has 0 radical (unpaired) electrons. The molecule has 1 N–H and O–H groups in total. The SMILES string of the molecule is CC1(CC(O)(Cn2ccc(=O)c3ncccc32)C(F)(F)F)CCOc2ccc(F)cc21. The predicted octanol–water partition coefficient (Wildman–Crippen LogP) is 3.96. The van der Waals surface area contributed by atoms with E-state index in [9.17, 15) is 27.5 Å². The fraction of sp³-hybridized carbons (Fsp3) is 0.364. The van der Waals surface area contributed by atoms with E-state index in [4.69, 9.17) is 4.74 Å². The average Bonchev–Trinajstić information content (AvgIpc) is 2.70. The molecule has 1 aliphatic rings. The van der Waals surface area contributed by atoms with Crippen LogP contribution in [0.5, 0.6) is 5.75 Å². The van der Waals surface area contributed by atoms with Crippen molar-refractivity contribution >= 4 is 11.0 Å². The van der Waals surface area contributed by atoms with Crippen LogP contribution in [0.15, 0.2) is 53.6 Å². The summed E-state index contributed by atoms with van der Waals surface area (Å²) in [6.07, 6.45) is -2.94. The highest BCUT2D eigenvalue weighted by atomic mass is 19.4. The van der Waals surface area contributed by atoms with Gasteiger partial charge in [0.05, 0.1) is 18.7 Å². The Hall–Kier alpha value is -2.94. The Morgan fingerprint density at radius 3 is 2.77 bits per heavy atom. The van der Waals surface area contributed by atoms with E-state index in [0.717, 1.165) is 12.1 Å². The molecule has 0 saturated carbocycles. The predicted molar refractivity (Wildman–Crippen MR) is 105 cm³/mol. The molecule has 0 fully saturated rings. The van der Waals surface area contributed by atoms with Crippen molar-refractivity contribution < 1.29 is 27.4 Å². The van der Waals surface area contributed by atoms with Crippen LogP contribution in [-0.2, 0) is 12.0 Å². The lowest BCUT2D eigenvalue weighted by Crippen LogP contribution is -2.53. The Balaban J connectivity index is 1.79. The van der Waals surface area contributed by atoms with Gasteiger partial charge in [0.1, 0.15) is 17.1 Å². The maximum Gasteiger partial charge on any atom is 0.418 e. The zero-order chi connectivity index (χ0) is 22.4. The summed E-state index contributed by atoms with van der Waals surface area (Å²) in [5.74, 6) is -0.291. The quantitative estimate of drug-likeness (QED) is 0.629. The number of pyridine rings is 2. The Morgan fingerprint density at radius 1 is 1.26 bits per heavy atom. The minimum absolute atomic E-state index is 0.0132. The Morgan fingerprint density at radius 2 is 2.03 bits per heavy atom. The summed E-state index contributed by atoms with van der Waals surface area (Å²) in [6.45, 7) is 0.865. The van der Waals surface area contributed by atoms with Gasteiger partial charge in [0.25, 0.3) is 0 Å². The Bertz CT molecular complexity index is 1190. The van der Waals surface area contributed by atoms with Crippen LogP contribution in [0, 0.1) is 5.82 Å². The summed E-state index contributed by atoms with van der Waals surface area (Å²) in [5.41, 5.74) is -4.29. The summed E-state index contributed by atoms with van der Waals surface area (Å²) < 4.78 is 63.2. The van der Waals surface area contributed by atoms with Crippen LogP contribution >= 0.6 is 0 Å². The monoisotopic (exact) mass is 436 g/mol. The molecule has 3 heterocycles. The lowest BCUT2D eigenvalue weighted by atomic mass is 9.70. The molecule has 2 unspecified atom stereocenters. The number of hydrogen-bond donors (Lipinski definition) is 1. The smallest absolute Gasteiger partial charge is 0.418 e. The molecule has 0 spiro atoms. The summed E-state index contributed by atoms with van der Waals surface area (Å²) in [7, 11) is 0. The number of aromatic nitrogens is 2. The number of benzene rings is 1. The third-order valence-electron chi connectivity index (χ3n) is 5.88. The fourth-order valence-corrected chi connectivity index (χ4v) is 4.25. The van der Waals surface area contributed by atoms with Crippen LogP contribution in [0.4, 0.5) is 17.6 Å². The van der Waals surface area contributed by atoms with Crippen LogP contribution in [0.1, 0.15) is 25.3 Å². The third kappa shape index (κ3) is 3.78. The first-order valence-electron chi connectivity index (χ1n) is 9.69. The lowest BCUT2D eigenvalue weighted by molar-refractivity contribution is -0.272. The number of alkyl halides is 3. The molecule has 2 atom stereocenters. The molecule has 1 aliphatic heterocycles. The first-order valence-corrected chi connectivity index (χ1v) is 9.69. The molecule has 0 amide bonds. The Kier molecular flexibility index (Phi) is 5.04. The van der Waals surface area contributed by atoms with Crippen molar-refractivity contribution in [3.8, 4) is 5.75 Å². The van der Waals surface area contributed by atoms with E-state index in [1.54, 1.807) is 6.92 Å². The van der Waals surface area contributed by atoms with Crippen molar-refractivity contribution in [3.05, 3.63) is 70.4 Å². The number of fused-ring (bicyclic) bond motifs is 2. The topological polar surface area (TPSA) is 64.4 Å². The zero-order valence-electron chi connectivity index (χ0n) is 16.6. The molecule has 164 valence electrons. The summed E-state index contributed by atoms with van der Waals surface area (Å²) in [5, 5.41) is 11.0. The highest BCUT2D eigenvalue weighted by molar-refractivity contribution is 5.73. The molecule has 3 aromatic rings. The van der Waals surface area contributed by atoms with E-state index in [2.05, 4.69) is 4.98 Å². The zero-order valence-corrected chi connectivity index (χ0v) is 16.6. The van der Waals surface area contributed by atoms with Gasteiger partial charge < -0.3 is 14.4 Å². The largest absolute Gasteiger partial charge is 0.493 e. The first kappa shape index (κ1) is 21.3. The van der Waals surface area contributed by atoms with E-state index in [0.29, 0.717) is 5.75 Å². The summed E-state index contributed by atoms with van der Waals surface area (Å²) in [4.78, 5) is 16.0. The van der Waals surface area contributed by atoms with Crippen LogP contribution in [0.3, 0.4) is 0 Å². The van der Waals surface area contributed by atoms with Gasteiger partial charge in [0, 0.05) is 29.4 Å². The molecule has 0 aliphatic carbocycles. The van der Waals surface area contributed by atoms with Crippen molar-refractivity contribution in [1.29, 1.82) is 0 Å². The van der Waals surface area contributed by atoms with E-state index < -0.39 is 41.4 Å². The van der Waals surface area contributed by atoms with E-state index in [1.165, 1.54) is 41.2 Å². The van der Waals surface area contributed by atoms with Gasteiger partial charge in [0.15, 0.2) is 5.60 Å². The minimum atomic E-state index is -4.99. The number of ether oxygens (including phenoxy) is 1. The molecule has 5 nitrogen and oxygen atoms in total. The van der Waals surface area contributed by atoms with Gasteiger partial charge in [0.2, 0.25) is 5.43 Å². The van der Waals surface area contributed by atoms with Gasteiger partial charge in [-0.05, 0) is 43.2 Å². The number of rotatable bonds is 4. The lowest BCUT2D eigenvalue weighted by Gasteiger charge is -2.42. The maximum absolute atomic E-state index is 14.2. The highest BCUT2D eigenvalue weighted by Crippen LogP contribution is 2.48. The van der Waals surface area contributed by atoms with Crippen LogP contribution < -0.4 is 10.2 Å². The average molecular weight is 436 g/mol. The van der Waals surface area contributed by atoms with Gasteiger partial charge in [-0.3, -0.25) is 9.78 Å². The van der Waals surface area contributed by atoms with E-state index in [-0.39, 0.29) is 29.6 Å². The van der Waals surface area contributed by atoms with Crippen LogP contribution in [0.2, 0.25) is 0 Å². The second-order valence-corrected chi connectivity index (χ2v) is 8.18. The standard InChI is InChI=1S/C22H20F4N2O3/c1-20(7-10-31-18-5-4-14(23)11-15(18)20)12-21(30,22(24,25)26)13-28-9-6-17(29)19-16(28)3-2-8-27-19/h2-6,8-9,11,30H,7,10,12-13H2,1H3. The van der Waals surface area contributed by atoms with Crippen LogP contribution in [-0.4, -0.2) is 33.0 Å². The second-order valence-electron chi connectivity index (χ2n) is 8.18. The fourth-order valence-electron chi connectivity index (χ4n) is 4.25. The molecule has 1 aromatic carbocycles. The van der Waals surface area contributed by atoms with Crippen molar-refractivity contribution in [2.75, 3.05) is 6.61 Å². The highest BCUT2D eigenvalue weighted by Gasteiger charge is 2.57. The number of aliphatic hydroxyl groups is 1. The molecular formula is C22H20F4N2O3. The van der Waals surface area contributed by atoms with Gasteiger partial charge in [-0.25, -0.2) is 4.39 Å². The normalized spacial score (nSPS) is 20.7. The molecule has 9 heteroatoms. The molecule has 0 bridgehead atoms. The number of nitrogens with zero attached hydrogens (tertiary/aromatic N) is 2. The molecule has 2 aromatic heterocycles. The van der Waals surface area contributed by atoms with E-state index in [1.807, 2.05) is 0 Å².